The SMILES string of the molecule is C=C(F)C1C(CO)OC(n2ccc(=O)[nH]c2=O)C1O. The number of rotatable bonds is 3. The Morgan fingerprint density at radius 1 is 1.58 bits per heavy atom. The largest absolute Gasteiger partial charge is 0.394 e. The van der Waals surface area contributed by atoms with Gasteiger partial charge in [0.15, 0.2) is 6.23 Å². The van der Waals surface area contributed by atoms with E-state index in [4.69, 9.17) is 9.84 Å². The molecular weight excluding hydrogens is 259 g/mol. The zero-order valence-corrected chi connectivity index (χ0v) is 9.82. The molecule has 0 aromatic carbocycles. The Morgan fingerprint density at radius 2 is 2.26 bits per heavy atom. The van der Waals surface area contributed by atoms with Crippen LogP contribution in [-0.2, 0) is 4.74 Å². The van der Waals surface area contributed by atoms with Gasteiger partial charge in [0.2, 0.25) is 0 Å². The summed E-state index contributed by atoms with van der Waals surface area (Å²) in [7, 11) is 0. The average molecular weight is 272 g/mol. The monoisotopic (exact) mass is 272 g/mol. The van der Waals surface area contributed by atoms with Crippen LogP contribution in [-0.4, -0.2) is 38.6 Å². The summed E-state index contributed by atoms with van der Waals surface area (Å²) in [5, 5.41) is 19.1. The Kier molecular flexibility index (Phi) is 3.65. The average Bonchev–Trinajstić information content (AvgIpc) is 2.66. The molecule has 2 rings (SSSR count). The summed E-state index contributed by atoms with van der Waals surface area (Å²) in [6, 6.07) is 1.07. The van der Waals surface area contributed by atoms with Crippen molar-refractivity contribution in [2.45, 2.75) is 18.4 Å². The molecule has 0 aliphatic carbocycles. The zero-order chi connectivity index (χ0) is 14.2. The van der Waals surface area contributed by atoms with Gasteiger partial charge >= 0.3 is 5.69 Å². The first kappa shape index (κ1) is 13.7. The first-order valence-corrected chi connectivity index (χ1v) is 5.56. The number of hydrogen-bond donors (Lipinski definition) is 3. The van der Waals surface area contributed by atoms with Crippen molar-refractivity contribution in [1.82, 2.24) is 9.55 Å². The number of aliphatic hydroxyl groups excluding tert-OH is 2. The smallest absolute Gasteiger partial charge is 0.330 e. The molecule has 8 heteroatoms. The van der Waals surface area contributed by atoms with Crippen LogP contribution in [0.4, 0.5) is 4.39 Å². The number of aliphatic hydroxyl groups is 2. The van der Waals surface area contributed by atoms with E-state index in [-0.39, 0.29) is 0 Å². The van der Waals surface area contributed by atoms with E-state index < -0.39 is 48.0 Å². The van der Waals surface area contributed by atoms with Crippen LogP contribution in [0.3, 0.4) is 0 Å². The summed E-state index contributed by atoms with van der Waals surface area (Å²) in [6.45, 7) is 2.56. The quantitative estimate of drug-likeness (QED) is 0.647. The summed E-state index contributed by atoms with van der Waals surface area (Å²) in [4.78, 5) is 24.5. The van der Waals surface area contributed by atoms with Crippen LogP contribution in [0.25, 0.3) is 0 Å². The van der Waals surface area contributed by atoms with Crippen LogP contribution in [0.5, 0.6) is 0 Å². The van der Waals surface area contributed by atoms with E-state index in [1.54, 1.807) is 0 Å². The highest BCUT2D eigenvalue weighted by Crippen LogP contribution is 2.37. The van der Waals surface area contributed by atoms with Gasteiger partial charge in [-0.2, -0.15) is 0 Å². The van der Waals surface area contributed by atoms with Gasteiger partial charge in [-0.1, -0.05) is 6.58 Å². The third kappa shape index (κ3) is 2.37. The molecule has 0 radical (unpaired) electrons. The third-order valence-corrected chi connectivity index (χ3v) is 3.04. The van der Waals surface area contributed by atoms with Crippen molar-refractivity contribution >= 4 is 0 Å². The first-order valence-electron chi connectivity index (χ1n) is 5.56. The van der Waals surface area contributed by atoms with Crippen molar-refractivity contribution in [3.8, 4) is 0 Å². The van der Waals surface area contributed by atoms with Crippen molar-refractivity contribution in [2.24, 2.45) is 5.92 Å². The molecule has 1 saturated heterocycles. The maximum absolute atomic E-state index is 13.3. The van der Waals surface area contributed by atoms with Gasteiger partial charge in [0.05, 0.1) is 18.6 Å². The van der Waals surface area contributed by atoms with Crippen molar-refractivity contribution in [1.29, 1.82) is 0 Å². The molecule has 0 saturated carbocycles. The van der Waals surface area contributed by atoms with Gasteiger partial charge in [-0.05, 0) is 0 Å². The molecule has 7 nitrogen and oxygen atoms in total. The summed E-state index contributed by atoms with van der Waals surface area (Å²) >= 11 is 0. The Morgan fingerprint density at radius 3 is 2.74 bits per heavy atom. The minimum absolute atomic E-state index is 0.529. The zero-order valence-electron chi connectivity index (χ0n) is 9.82. The first-order chi connectivity index (χ1) is 8.95. The number of ether oxygens (including phenoxy) is 1. The van der Waals surface area contributed by atoms with Gasteiger partial charge in [0.25, 0.3) is 5.56 Å². The normalized spacial score (nSPS) is 30.5. The lowest BCUT2D eigenvalue weighted by Gasteiger charge is -2.17. The van der Waals surface area contributed by atoms with Crippen molar-refractivity contribution in [3.63, 3.8) is 0 Å². The summed E-state index contributed by atoms with van der Waals surface area (Å²) in [5.41, 5.74) is -1.39. The van der Waals surface area contributed by atoms with Crippen LogP contribution in [0.2, 0.25) is 0 Å². The molecule has 1 aromatic heterocycles. The Hall–Kier alpha value is -1.77. The van der Waals surface area contributed by atoms with Gasteiger partial charge in [0, 0.05) is 12.3 Å². The van der Waals surface area contributed by atoms with E-state index >= 15 is 0 Å². The molecule has 0 amide bonds. The van der Waals surface area contributed by atoms with Gasteiger partial charge in [-0.3, -0.25) is 14.3 Å². The molecule has 104 valence electrons. The lowest BCUT2D eigenvalue weighted by atomic mass is 9.97. The number of nitrogens with zero attached hydrogens (tertiary/aromatic N) is 1. The molecule has 3 N–H and O–H groups in total. The second kappa shape index (κ2) is 5.08. The fourth-order valence-electron chi connectivity index (χ4n) is 2.14. The van der Waals surface area contributed by atoms with Crippen molar-refractivity contribution in [3.05, 3.63) is 45.5 Å². The number of hydrogen-bond acceptors (Lipinski definition) is 5. The van der Waals surface area contributed by atoms with E-state index in [2.05, 4.69) is 6.58 Å². The third-order valence-electron chi connectivity index (χ3n) is 3.04. The van der Waals surface area contributed by atoms with Crippen LogP contribution in [0.1, 0.15) is 6.23 Å². The van der Waals surface area contributed by atoms with Crippen LogP contribution >= 0.6 is 0 Å². The molecule has 0 spiro atoms. The lowest BCUT2D eigenvalue weighted by Crippen LogP contribution is -2.36. The number of H-pyrrole nitrogens is 1. The highest BCUT2D eigenvalue weighted by atomic mass is 19.1. The maximum Gasteiger partial charge on any atom is 0.330 e. The van der Waals surface area contributed by atoms with Crippen LogP contribution < -0.4 is 11.2 Å². The molecule has 4 atom stereocenters. The number of aromatic nitrogens is 2. The molecule has 0 bridgehead atoms. The second-order valence-electron chi connectivity index (χ2n) is 4.23. The summed E-state index contributed by atoms with van der Waals surface area (Å²) < 4.78 is 19.4. The van der Waals surface area contributed by atoms with E-state index in [1.165, 1.54) is 0 Å². The van der Waals surface area contributed by atoms with Crippen LogP contribution in [0, 0.1) is 5.92 Å². The van der Waals surface area contributed by atoms with E-state index in [9.17, 15) is 19.1 Å². The van der Waals surface area contributed by atoms with Gasteiger partial charge < -0.3 is 14.9 Å². The molecule has 4 unspecified atom stereocenters. The van der Waals surface area contributed by atoms with Crippen LogP contribution in [0.15, 0.2) is 34.3 Å². The Bertz CT molecular complexity index is 595. The van der Waals surface area contributed by atoms with E-state index in [0.717, 1.165) is 16.8 Å². The van der Waals surface area contributed by atoms with Gasteiger partial charge in [-0.25, -0.2) is 9.18 Å². The number of aromatic amines is 1. The Balaban J connectivity index is 2.39. The molecule has 1 aliphatic heterocycles. The highest BCUT2D eigenvalue weighted by molar-refractivity contribution is 5.04. The Labute approximate surface area is 106 Å². The summed E-state index contributed by atoms with van der Waals surface area (Å²) in [5.74, 6) is -1.97. The van der Waals surface area contributed by atoms with Crippen molar-refractivity contribution < 1.29 is 19.3 Å². The fraction of sp³-hybridized carbons (Fsp3) is 0.455. The molecule has 19 heavy (non-hydrogen) atoms. The maximum atomic E-state index is 13.3. The van der Waals surface area contributed by atoms with Crippen molar-refractivity contribution in [2.75, 3.05) is 6.61 Å². The molecular formula is C11H13FN2O5. The molecule has 1 fully saturated rings. The molecule has 1 aliphatic rings. The predicted molar refractivity (Wildman–Crippen MR) is 62.1 cm³/mol. The minimum atomic E-state index is -1.39. The topological polar surface area (TPSA) is 105 Å². The summed E-state index contributed by atoms with van der Waals surface area (Å²) in [6.07, 6.45) is -2.46. The lowest BCUT2D eigenvalue weighted by molar-refractivity contribution is -0.0534. The second-order valence-corrected chi connectivity index (χ2v) is 4.23. The molecule has 2 heterocycles. The van der Waals surface area contributed by atoms with Gasteiger partial charge in [-0.15, -0.1) is 0 Å². The molecule has 1 aromatic rings. The fourth-order valence-corrected chi connectivity index (χ4v) is 2.14. The van der Waals surface area contributed by atoms with Gasteiger partial charge in [0.1, 0.15) is 11.9 Å². The van der Waals surface area contributed by atoms with E-state index in [1.807, 2.05) is 4.98 Å². The standard InChI is InChI=1S/C11H13FN2O5/c1-5(12)8-6(4-15)19-10(9(8)17)14-3-2-7(16)13-11(14)18/h2-3,6,8-10,15,17H,1,4H2,(H,13,16,18). The number of nitrogens with one attached hydrogen (secondary N) is 1. The highest BCUT2D eigenvalue weighted by Gasteiger charge is 2.46. The number of halogens is 1. The minimum Gasteiger partial charge on any atom is -0.394 e. The van der Waals surface area contributed by atoms with E-state index in [0.29, 0.717) is 0 Å². The predicted octanol–water partition coefficient (Wildman–Crippen LogP) is -1.11.